The summed E-state index contributed by atoms with van der Waals surface area (Å²) in [6.07, 6.45) is 0.249. The summed E-state index contributed by atoms with van der Waals surface area (Å²) in [5.41, 5.74) is 0.782. The van der Waals surface area contributed by atoms with E-state index in [1.54, 1.807) is 0 Å². The van der Waals surface area contributed by atoms with Crippen LogP contribution in [0.5, 0.6) is 11.5 Å². The SMILES string of the molecule is OCCNCC(O)c1ccc2c(c1)OCCCO2. The summed E-state index contributed by atoms with van der Waals surface area (Å²) in [6.45, 7) is 2.23. The van der Waals surface area contributed by atoms with Crippen LogP contribution in [0, 0.1) is 0 Å². The first-order chi connectivity index (χ1) is 8.81. The Morgan fingerprint density at radius 2 is 2.00 bits per heavy atom. The smallest absolute Gasteiger partial charge is 0.161 e. The molecule has 5 heteroatoms. The first kappa shape index (κ1) is 13.1. The number of ether oxygens (including phenoxy) is 2. The van der Waals surface area contributed by atoms with E-state index in [0.29, 0.717) is 32.1 Å². The minimum Gasteiger partial charge on any atom is -0.490 e. The molecule has 0 aromatic heterocycles. The number of fused-ring (bicyclic) bond motifs is 1. The molecule has 1 aliphatic heterocycles. The molecule has 1 aromatic rings. The lowest BCUT2D eigenvalue weighted by atomic mass is 10.1. The lowest BCUT2D eigenvalue weighted by Crippen LogP contribution is -2.24. The molecule has 5 nitrogen and oxygen atoms in total. The molecule has 1 heterocycles. The van der Waals surface area contributed by atoms with Gasteiger partial charge in [0.15, 0.2) is 11.5 Å². The van der Waals surface area contributed by atoms with Gasteiger partial charge in [-0.05, 0) is 17.7 Å². The average Bonchev–Trinajstić information content (AvgIpc) is 2.63. The summed E-state index contributed by atoms with van der Waals surface area (Å²) in [7, 11) is 0. The van der Waals surface area contributed by atoms with E-state index in [0.717, 1.165) is 17.7 Å². The van der Waals surface area contributed by atoms with E-state index >= 15 is 0 Å². The Labute approximate surface area is 106 Å². The maximum absolute atomic E-state index is 9.98. The quantitative estimate of drug-likeness (QED) is 0.665. The molecule has 0 saturated heterocycles. The van der Waals surface area contributed by atoms with Gasteiger partial charge in [-0.25, -0.2) is 0 Å². The third-order valence-electron chi connectivity index (χ3n) is 2.78. The Morgan fingerprint density at radius 1 is 1.22 bits per heavy atom. The highest BCUT2D eigenvalue weighted by Crippen LogP contribution is 2.32. The molecule has 1 aliphatic rings. The van der Waals surface area contributed by atoms with Crippen LogP contribution < -0.4 is 14.8 Å². The second-order valence-corrected chi connectivity index (χ2v) is 4.20. The first-order valence-corrected chi connectivity index (χ1v) is 6.20. The van der Waals surface area contributed by atoms with Gasteiger partial charge in [-0.3, -0.25) is 0 Å². The molecule has 0 bridgehead atoms. The van der Waals surface area contributed by atoms with Crippen molar-refractivity contribution in [3.63, 3.8) is 0 Å². The molecule has 3 N–H and O–H groups in total. The van der Waals surface area contributed by atoms with E-state index in [-0.39, 0.29) is 6.61 Å². The molecule has 18 heavy (non-hydrogen) atoms. The molecule has 0 amide bonds. The fourth-order valence-corrected chi connectivity index (χ4v) is 1.82. The number of rotatable bonds is 5. The van der Waals surface area contributed by atoms with Crippen molar-refractivity contribution >= 4 is 0 Å². The van der Waals surface area contributed by atoms with Gasteiger partial charge in [0.2, 0.25) is 0 Å². The van der Waals surface area contributed by atoms with E-state index in [1.807, 2.05) is 18.2 Å². The van der Waals surface area contributed by atoms with Gasteiger partial charge in [-0.2, -0.15) is 0 Å². The van der Waals surface area contributed by atoms with Crippen molar-refractivity contribution in [2.24, 2.45) is 0 Å². The molecule has 0 radical (unpaired) electrons. The average molecular weight is 253 g/mol. The number of benzene rings is 1. The van der Waals surface area contributed by atoms with Gasteiger partial charge in [0.05, 0.1) is 25.9 Å². The summed E-state index contributed by atoms with van der Waals surface area (Å²) >= 11 is 0. The lowest BCUT2D eigenvalue weighted by molar-refractivity contribution is 0.170. The Morgan fingerprint density at radius 3 is 2.78 bits per heavy atom. The number of hydrogen-bond acceptors (Lipinski definition) is 5. The maximum Gasteiger partial charge on any atom is 0.161 e. The van der Waals surface area contributed by atoms with Crippen LogP contribution in [0.4, 0.5) is 0 Å². The lowest BCUT2D eigenvalue weighted by Gasteiger charge is -2.14. The topological polar surface area (TPSA) is 71.0 Å². The summed E-state index contributed by atoms with van der Waals surface area (Å²) in [5, 5.41) is 21.6. The van der Waals surface area contributed by atoms with E-state index in [4.69, 9.17) is 14.6 Å². The third-order valence-corrected chi connectivity index (χ3v) is 2.78. The van der Waals surface area contributed by atoms with Crippen LogP contribution in [0.2, 0.25) is 0 Å². The van der Waals surface area contributed by atoms with E-state index in [9.17, 15) is 5.11 Å². The second kappa shape index (κ2) is 6.58. The molecule has 1 unspecified atom stereocenters. The van der Waals surface area contributed by atoms with Gasteiger partial charge in [0.1, 0.15) is 0 Å². The van der Waals surface area contributed by atoms with Gasteiger partial charge >= 0.3 is 0 Å². The van der Waals surface area contributed by atoms with Gasteiger partial charge in [0, 0.05) is 19.5 Å². The van der Waals surface area contributed by atoms with Crippen molar-refractivity contribution < 1.29 is 19.7 Å². The standard InChI is InChI=1S/C13H19NO4/c15-5-4-14-9-11(16)10-2-3-12-13(8-10)18-7-1-6-17-12/h2-3,8,11,14-16H,1,4-7,9H2. The molecular weight excluding hydrogens is 234 g/mol. The van der Waals surface area contributed by atoms with E-state index in [1.165, 1.54) is 0 Å². The zero-order valence-electron chi connectivity index (χ0n) is 10.3. The summed E-state index contributed by atoms with van der Waals surface area (Å²) in [6, 6.07) is 5.47. The van der Waals surface area contributed by atoms with Crippen LogP contribution in [-0.4, -0.2) is 43.1 Å². The number of aliphatic hydroxyl groups is 2. The number of nitrogens with one attached hydrogen (secondary N) is 1. The van der Waals surface area contributed by atoms with E-state index < -0.39 is 6.10 Å². The normalized spacial score (nSPS) is 16.1. The first-order valence-electron chi connectivity index (χ1n) is 6.20. The third kappa shape index (κ3) is 3.35. The summed E-state index contributed by atoms with van der Waals surface area (Å²) in [4.78, 5) is 0. The molecule has 0 fully saturated rings. The molecule has 1 aromatic carbocycles. The minimum absolute atomic E-state index is 0.0634. The molecular formula is C13H19NO4. The fraction of sp³-hybridized carbons (Fsp3) is 0.538. The monoisotopic (exact) mass is 253 g/mol. The predicted molar refractivity (Wildman–Crippen MR) is 67.0 cm³/mol. The summed E-state index contributed by atoms with van der Waals surface area (Å²) < 4.78 is 11.1. The van der Waals surface area contributed by atoms with Crippen LogP contribution in [0.25, 0.3) is 0 Å². The highest BCUT2D eigenvalue weighted by atomic mass is 16.5. The van der Waals surface area contributed by atoms with Crippen molar-refractivity contribution in [2.45, 2.75) is 12.5 Å². The molecule has 2 rings (SSSR count). The Bertz CT molecular complexity index is 383. The minimum atomic E-state index is -0.617. The van der Waals surface area contributed by atoms with Crippen molar-refractivity contribution in [3.8, 4) is 11.5 Å². The van der Waals surface area contributed by atoms with Gasteiger partial charge in [-0.1, -0.05) is 6.07 Å². The zero-order chi connectivity index (χ0) is 12.8. The molecule has 100 valence electrons. The zero-order valence-corrected chi connectivity index (χ0v) is 10.3. The predicted octanol–water partition coefficient (Wildman–Crippen LogP) is 0.463. The number of hydrogen-bond donors (Lipinski definition) is 3. The number of aliphatic hydroxyl groups excluding tert-OH is 2. The largest absolute Gasteiger partial charge is 0.490 e. The highest BCUT2D eigenvalue weighted by Gasteiger charge is 2.14. The second-order valence-electron chi connectivity index (χ2n) is 4.20. The van der Waals surface area contributed by atoms with Crippen molar-refractivity contribution in [2.75, 3.05) is 32.9 Å². The van der Waals surface area contributed by atoms with Gasteiger partial charge in [0.25, 0.3) is 0 Å². The molecule has 0 aliphatic carbocycles. The molecule has 0 spiro atoms. The van der Waals surface area contributed by atoms with Crippen LogP contribution in [-0.2, 0) is 0 Å². The molecule has 1 atom stereocenters. The Balaban J connectivity index is 2.02. The van der Waals surface area contributed by atoms with Crippen molar-refractivity contribution in [1.82, 2.24) is 5.32 Å². The van der Waals surface area contributed by atoms with Gasteiger partial charge in [-0.15, -0.1) is 0 Å². The Kier molecular flexibility index (Phi) is 4.81. The van der Waals surface area contributed by atoms with Crippen LogP contribution in [0.1, 0.15) is 18.1 Å². The van der Waals surface area contributed by atoms with Crippen LogP contribution in [0.15, 0.2) is 18.2 Å². The molecule has 0 saturated carbocycles. The van der Waals surface area contributed by atoms with Crippen LogP contribution >= 0.6 is 0 Å². The van der Waals surface area contributed by atoms with Crippen molar-refractivity contribution in [1.29, 1.82) is 0 Å². The Hall–Kier alpha value is -1.30. The summed E-state index contributed by atoms with van der Waals surface area (Å²) in [5.74, 6) is 1.41. The fourth-order valence-electron chi connectivity index (χ4n) is 1.82. The highest BCUT2D eigenvalue weighted by molar-refractivity contribution is 5.44. The van der Waals surface area contributed by atoms with Gasteiger partial charge < -0.3 is 25.0 Å². The van der Waals surface area contributed by atoms with E-state index in [2.05, 4.69) is 5.32 Å². The maximum atomic E-state index is 9.98. The van der Waals surface area contributed by atoms with Crippen LogP contribution in [0.3, 0.4) is 0 Å². The van der Waals surface area contributed by atoms with Crippen molar-refractivity contribution in [3.05, 3.63) is 23.8 Å².